The van der Waals surface area contributed by atoms with Gasteiger partial charge in [0.2, 0.25) is 0 Å². The largest absolute Gasteiger partial charge is 0.361 e. The molecule has 2 rings (SSSR count). The highest BCUT2D eigenvalue weighted by molar-refractivity contribution is 5.96. The number of aromatic nitrogens is 1. The molecule has 108 valence electrons. The van der Waals surface area contributed by atoms with E-state index < -0.39 is 0 Å². The monoisotopic (exact) mass is 282 g/mol. The van der Waals surface area contributed by atoms with E-state index in [2.05, 4.69) is 11.1 Å². The van der Waals surface area contributed by atoms with Crippen LogP contribution in [-0.4, -0.2) is 22.5 Å². The van der Waals surface area contributed by atoms with Gasteiger partial charge in [0, 0.05) is 6.54 Å². The van der Waals surface area contributed by atoms with Gasteiger partial charge in [-0.1, -0.05) is 40.9 Å². The molecule has 1 heterocycles. The van der Waals surface area contributed by atoms with Crippen LogP contribution in [0.25, 0.3) is 0 Å². The van der Waals surface area contributed by atoms with E-state index in [1.165, 1.54) is 5.56 Å². The number of amides is 1. The van der Waals surface area contributed by atoms with Crippen LogP contribution in [0.1, 0.15) is 32.9 Å². The van der Waals surface area contributed by atoms with Crippen molar-refractivity contribution in [3.05, 3.63) is 52.4 Å². The minimum absolute atomic E-state index is 0.148. The molecule has 0 N–H and O–H groups in total. The molecule has 2 aromatic rings. The number of terminal acetylenes is 1. The first kappa shape index (κ1) is 14.9. The third-order valence-corrected chi connectivity index (χ3v) is 3.31. The van der Waals surface area contributed by atoms with Crippen LogP contribution in [0.15, 0.2) is 28.8 Å². The van der Waals surface area contributed by atoms with Crippen LogP contribution in [-0.2, 0) is 6.54 Å². The standard InChI is InChI=1S/C17H18N2O2/c1-5-10-19(11-15-8-6-12(2)7-9-15)17(20)16-13(3)18-21-14(16)4/h1,6-9H,10-11H2,2-4H3. The van der Waals surface area contributed by atoms with Crippen LogP contribution in [0.2, 0.25) is 0 Å². The highest BCUT2D eigenvalue weighted by atomic mass is 16.5. The van der Waals surface area contributed by atoms with Crippen LogP contribution in [0.3, 0.4) is 0 Å². The van der Waals surface area contributed by atoms with Gasteiger partial charge in [-0.2, -0.15) is 0 Å². The second-order valence-corrected chi connectivity index (χ2v) is 5.05. The zero-order valence-electron chi connectivity index (χ0n) is 12.5. The van der Waals surface area contributed by atoms with Crippen LogP contribution in [0, 0.1) is 33.1 Å². The second-order valence-electron chi connectivity index (χ2n) is 5.05. The SMILES string of the molecule is C#CCN(Cc1ccc(C)cc1)C(=O)c1c(C)noc1C. The molecule has 0 saturated carbocycles. The summed E-state index contributed by atoms with van der Waals surface area (Å²) in [7, 11) is 0. The van der Waals surface area contributed by atoms with Gasteiger partial charge < -0.3 is 9.42 Å². The number of benzene rings is 1. The summed E-state index contributed by atoms with van der Waals surface area (Å²) >= 11 is 0. The fourth-order valence-electron chi connectivity index (χ4n) is 2.17. The van der Waals surface area contributed by atoms with E-state index in [1.807, 2.05) is 31.2 Å². The van der Waals surface area contributed by atoms with E-state index in [-0.39, 0.29) is 12.5 Å². The molecular formula is C17H18N2O2. The van der Waals surface area contributed by atoms with Crippen molar-refractivity contribution in [2.45, 2.75) is 27.3 Å². The summed E-state index contributed by atoms with van der Waals surface area (Å²) in [5, 5.41) is 3.82. The predicted octanol–water partition coefficient (Wildman–Crippen LogP) is 2.88. The van der Waals surface area contributed by atoms with Gasteiger partial charge in [-0.3, -0.25) is 4.79 Å². The molecule has 0 aliphatic rings. The number of carbonyl (C=O) groups is 1. The third-order valence-electron chi connectivity index (χ3n) is 3.31. The summed E-state index contributed by atoms with van der Waals surface area (Å²) in [4.78, 5) is 14.3. The summed E-state index contributed by atoms with van der Waals surface area (Å²) < 4.78 is 5.06. The number of aryl methyl sites for hydroxylation is 3. The summed E-state index contributed by atoms with van der Waals surface area (Å²) in [5.41, 5.74) is 3.30. The summed E-state index contributed by atoms with van der Waals surface area (Å²) in [6, 6.07) is 8.03. The Labute approximate surface area is 124 Å². The van der Waals surface area contributed by atoms with Crippen molar-refractivity contribution >= 4 is 5.91 Å². The lowest BCUT2D eigenvalue weighted by molar-refractivity contribution is 0.0763. The van der Waals surface area contributed by atoms with Gasteiger partial charge in [-0.05, 0) is 26.3 Å². The zero-order valence-corrected chi connectivity index (χ0v) is 12.5. The molecule has 0 atom stereocenters. The van der Waals surface area contributed by atoms with E-state index >= 15 is 0 Å². The molecule has 0 unspecified atom stereocenters. The summed E-state index contributed by atoms with van der Waals surface area (Å²) in [6.07, 6.45) is 5.39. The first-order valence-electron chi connectivity index (χ1n) is 6.74. The van der Waals surface area contributed by atoms with Gasteiger partial charge in [-0.25, -0.2) is 0 Å². The van der Waals surface area contributed by atoms with E-state index in [1.54, 1.807) is 18.7 Å². The maximum atomic E-state index is 12.6. The first-order chi connectivity index (χ1) is 10.0. The summed E-state index contributed by atoms with van der Waals surface area (Å²) in [5.74, 6) is 2.90. The molecule has 4 heteroatoms. The highest BCUT2D eigenvalue weighted by Gasteiger charge is 2.23. The lowest BCUT2D eigenvalue weighted by atomic mass is 10.1. The normalized spacial score (nSPS) is 10.2. The van der Waals surface area contributed by atoms with E-state index in [9.17, 15) is 4.79 Å². The number of rotatable bonds is 4. The molecule has 1 aromatic carbocycles. The van der Waals surface area contributed by atoms with E-state index in [0.29, 0.717) is 23.6 Å². The average Bonchev–Trinajstić information content (AvgIpc) is 2.79. The molecule has 1 aromatic heterocycles. The minimum Gasteiger partial charge on any atom is -0.361 e. The Balaban J connectivity index is 2.25. The Bertz CT molecular complexity index is 658. The Morgan fingerprint density at radius 2 is 1.95 bits per heavy atom. The van der Waals surface area contributed by atoms with Gasteiger partial charge in [0.25, 0.3) is 5.91 Å². The van der Waals surface area contributed by atoms with Crippen molar-refractivity contribution in [2.24, 2.45) is 0 Å². The number of hydrogen-bond acceptors (Lipinski definition) is 3. The smallest absolute Gasteiger partial charge is 0.260 e. The molecule has 0 bridgehead atoms. The Morgan fingerprint density at radius 3 is 2.48 bits per heavy atom. The van der Waals surface area contributed by atoms with Crippen molar-refractivity contribution < 1.29 is 9.32 Å². The van der Waals surface area contributed by atoms with Gasteiger partial charge in [0.05, 0.1) is 12.2 Å². The van der Waals surface area contributed by atoms with Gasteiger partial charge in [0.15, 0.2) is 0 Å². The Hall–Kier alpha value is -2.54. The number of carbonyl (C=O) groups excluding carboxylic acids is 1. The lowest BCUT2D eigenvalue weighted by Gasteiger charge is -2.20. The van der Waals surface area contributed by atoms with Gasteiger partial charge >= 0.3 is 0 Å². The van der Waals surface area contributed by atoms with Crippen LogP contribution in [0.4, 0.5) is 0 Å². The van der Waals surface area contributed by atoms with Crippen LogP contribution < -0.4 is 0 Å². The average molecular weight is 282 g/mol. The van der Waals surface area contributed by atoms with Crippen LogP contribution in [0.5, 0.6) is 0 Å². The fourth-order valence-corrected chi connectivity index (χ4v) is 2.17. The molecule has 0 radical (unpaired) electrons. The predicted molar refractivity (Wildman–Crippen MR) is 80.7 cm³/mol. The second kappa shape index (κ2) is 6.27. The minimum atomic E-state index is -0.148. The quantitative estimate of drug-likeness (QED) is 0.810. The van der Waals surface area contributed by atoms with Crippen molar-refractivity contribution in [1.29, 1.82) is 0 Å². The van der Waals surface area contributed by atoms with Gasteiger partial charge in [-0.15, -0.1) is 6.42 Å². The van der Waals surface area contributed by atoms with E-state index in [0.717, 1.165) is 5.56 Å². The van der Waals surface area contributed by atoms with E-state index in [4.69, 9.17) is 10.9 Å². The molecule has 0 aliphatic carbocycles. The Kier molecular flexibility index (Phi) is 4.44. The molecule has 0 spiro atoms. The third kappa shape index (κ3) is 3.32. The van der Waals surface area contributed by atoms with Crippen molar-refractivity contribution in [3.63, 3.8) is 0 Å². The fraction of sp³-hybridized carbons (Fsp3) is 0.294. The molecule has 4 nitrogen and oxygen atoms in total. The first-order valence-corrected chi connectivity index (χ1v) is 6.74. The number of nitrogens with zero attached hydrogens (tertiary/aromatic N) is 2. The molecule has 0 fully saturated rings. The zero-order chi connectivity index (χ0) is 15.4. The van der Waals surface area contributed by atoms with Crippen molar-refractivity contribution in [1.82, 2.24) is 10.1 Å². The molecule has 0 saturated heterocycles. The maximum Gasteiger partial charge on any atom is 0.260 e. The number of hydrogen-bond donors (Lipinski definition) is 0. The van der Waals surface area contributed by atoms with Crippen molar-refractivity contribution in [3.8, 4) is 12.3 Å². The highest BCUT2D eigenvalue weighted by Crippen LogP contribution is 2.17. The summed E-state index contributed by atoms with van der Waals surface area (Å²) in [6.45, 7) is 6.22. The molecule has 1 amide bonds. The Morgan fingerprint density at radius 1 is 1.29 bits per heavy atom. The molecule has 21 heavy (non-hydrogen) atoms. The molecular weight excluding hydrogens is 264 g/mol. The lowest BCUT2D eigenvalue weighted by Crippen LogP contribution is -2.31. The molecule has 0 aliphatic heterocycles. The van der Waals surface area contributed by atoms with Crippen molar-refractivity contribution in [2.75, 3.05) is 6.54 Å². The van der Waals surface area contributed by atoms with Crippen LogP contribution >= 0.6 is 0 Å². The van der Waals surface area contributed by atoms with Gasteiger partial charge in [0.1, 0.15) is 11.3 Å². The topological polar surface area (TPSA) is 46.3 Å². The maximum absolute atomic E-state index is 12.6.